The maximum atomic E-state index is 13.3. The summed E-state index contributed by atoms with van der Waals surface area (Å²) in [7, 11) is -3.83. The largest absolute Gasteiger partial charge is 0.494 e. The number of nitrogens with one attached hydrogen (secondary N) is 2. The second-order valence-corrected chi connectivity index (χ2v) is 19.9. The third-order valence-corrected chi connectivity index (χ3v) is 12.9. The van der Waals surface area contributed by atoms with E-state index in [1.807, 2.05) is 26.0 Å². The molecule has 0 atom stereocenters. The zero-order valence-corrected chi connectivity index (χ0v) is 33.1. The molecule has 2 aliphatic rings. The summed E-state index contributed by atoms with van der Waals surface area (Å²) in [5, 5.41) is 7.63. The summed E-state index contributed by atoms with van der Waals surface area (Å²) < 4.78 is 43.0. The van der Waals surface area contributed by atoms with E-state index in [-0.39, 0.29) is 5.75 Å². The Balaban J connectivity index is 1.27. The number of methoxy groups -OCH3 is 1. The highest BCUT2D eigenvalue weighted by Gasteiger charge is 2.29. The first-order chi connectivity index (χ1) is 23.2. The summed E-state index contributed by atoms with van der Waals surface area (Å²) in [5.74, 6) is 1.93. The van der Waals surface area contributed by atoms with Gasteiger partial charge in [-0.3, -0.25) is 9.80 Å². The number of halogens is 1. The highest BCUT2D eigenvalue weighted by molar-refractivity contribution is 9.10. The molecule has 0 radical (unpaired) electrons. The fraction of sp³-hybridized carbons (Fsp3) is 0.543. The van der Waals surface area contributed by atoms with E-state index in [0.29, 0.717) is 28.8 Å². The molecule has 3 heterocycles. The Bertz CT molecular complexity index is 1800. The Morgan fingerprint density at radius 3 is 2.33 bits per heavy atom. The zero-order chi connectivity index (χ0) is 35.5. The van der Waals surface area contributed by atoms with Crippen molar-refractivity contribution < 1.29 is 17.7 Å². The minimum atomic E-state index is -2.93. The predicted molar refractivity (Wildman–Crippen MR) is 207 cm³/mol. The number of hydrogen-bond acceptors (Lipinski definition) is 11. The molecule has 1 aromatic heterocycles. The quantitative estimate of drug-likeness (QED) is 0.218. The predicted octanol–water partition coefficient (Wildman–Crippen LogP) is 5.79. The van der Waals surface area contributed by atoms with Gasteiger partial charge in [-0.2, -0.15) is 4.98 Å². The molecule has 0 saturated carbocycles. The van der Waals surface area contributed by atoms with Crippen molar-refractivity contribution in [1.29, 1.82) is 0 Å². The van der Waals surface area contributed by atoms with Crippen LogP contribution in [0.4, 0.5) is 28.8 Å². The first-order valence-corrected chi connectivity index (χ1v) is 22.4. The second-order valence-electron chi connectivity index (χ2n) is 13.7. The van der Waals surface area contributed by atoms with Crippen molar-refractivity contribution in [2.24, 2.45) is 0 Å². The highest BCUT2D eigenvalue weighted by atomic mass is 79.9. The van der Waals surface area contributed by atoms with Crippen LogP contribution >= 0.6 is 23.1 Å². The van der Waals surface area contributed by atoms with Crippen LogP contribution in [-0.2, 0) is 20.8 Å². The molecule has 0 amide bonds. The minimum Gasteiger partial charge on any atom is -0.494 e. The van der Waals surface area contributed by atoms with Gasteiger partial charge in [-0.15, -0.1) is 0 Å². The van der Waals surface area contributed by atoms with Gasteiger partial charge in [-0.05, 0) is 91.2 Å². The number of hydrogen-bond donors (Lipinski definition) is 2. The minimum absolute atomic E-state index is 0.231. The van der Waals surface area contributed by atoms with Crippen molar-refractivity contribution in [3.8, 4) is 5.75 Å². The number of rotatable bonds is 12. The lowest BCUT2D eigenvalue weighted by molar-refractivity contribution is 0.0882. The van der Waals surface area contributed by atoms with E-state index in [0.717, 1.165) is 92.1 Å². The summed E-state index contributed by atoms with van der Waals surface area (Å²) >= 11 is 3.59. The zero-order valence-electron chi connectivity index (χ0n) is 29.8. The van der Waals surface area contributed by atoms with Gasteiger partial charge < -0.3 is 24.8 Å². The van der Waals surface area contributed by atoms with Crippen molar-refractivity contribution in [2.75, 3.05) is 93.8 Å². The van der Waals surface area contributed by atoms with Crippen LogP contribution < -0.4 is 25.6 Å². The second kappa shape index (κ2) is 15.7. The van der Waals surface area contributed by atoms with Crippen LogP contribution in [0.1, 0.15) is 36.5 Å². The first kappa shape index (κ1) is 37.6. The Hall–Kier alpha value is -2.70. The molecule has 2 aromatic carbocycles. The van der Waals surface area contributed by atoms with Gasteiger partial charge in [-0.25, -0.2) is 13.4 Å². The Kier molecular flexibility index (Phi) is 12.0. The smallest absolute Gasteiger partial charge is 0.229 e. The molecular formula is C35H51BrN7O4PS. The Labute approximate surface area is 300 Å². The molecule has 14 heteroatoms. The van der Waals surface area contributed by atoms with E-state index in [1.165, 1.54) is 17.5 Å². The standard InChI is InChI=1S/C35H51BrN7O4PS/c1-8-26-21-30(39-35-37-23-28(36)34(40-35)38-29-10-9-24(2)25(3)33(29)48(5,6)44)32(47-4)22-31(26)43-13-11-27(12-14-43)42-17-15-41(16-18-42)19-20-49(7,45)46/h9-10,21-23,27H,8,11-20H2,1-7H3,(H2,37,38,39,40). The number of aromatic nitrogens is 2. The van der Waals surface area contributed by atoms with E-state index in [2.05, 4.69) is 65.3 Å². The number of sulfone groups is 1. The van der Waals surface area contributed by atoms with Gasteiger partial charge in [-0.1, -0.05) is 13.0 Å². The molecule has 5 rings (SSSR count). The molecule has 3 aromatic rings. The lowest BCUT2D eigenvalue weighted by Crippen LogP contribution is -2.53. The van der Waals surface area contributed by atoms with Crippen LogP contribution in [0.5, 0.6) is 5.75 Å². The number of ether oxygens (including phenoxy) is 1. The summed E-state index contributed by atoms with van der Waals surface area (Å²) in [4.78, 5) is 16.7. The van der Waals surface area contributed by atoms with Gasteiger partial charge in [0, 0.05) is 81.4 Å². The van der Waals surface area contributed by atoms with Crippen LogP contribution in [0.3, 0.4) is 0 Å². The van der Waals surface area contributed by atoms with Crippen LogP contribution in [0.15, 0.2) is 34.9 Å². The summed E-state index contributed by atoms with van der Waals surface area (Å²) in [5.41, 5.74) is 6.09. The SMILES string of the molecule is CCc1cc(Nc2ncc(Br)c(Nc3ccc(C)c(C)c3P(C)(C)=O)n2)c(OC)cc1N1CCC(N2CCN(CCS(C)(=O)=O)CC2)CC1. The highest BCUT2D eigenvalue weighted by Crippen LogP contribution is 2.41. The van der Waals surface area contributed by atoms with Gasteiger partial charge in [0.15, 0.2) is 0 Å². The number of nitrogens with zero attached hydrogens (tertiary/aromatic N) is 5. The van der Waals surface area contributed by atoms with Crippen molar-refractivity contribution in [1.82, 2.24) is 19.8 Å². The molecule has 0 spiro atoms. The van der Waals surface area contributed by atoms with E-state index in [4.69, 9.17) is 9.72 Å². The third-order valence-electron chi connectivity index (χ3n) is 9.77. The Morgan fingerprint density at radius 2 is 1.71 bits per heavy atom. The molecule has 49 heavy (non-hydrogen) atoms. The summed E-state index contributed by atoms with van der Waals surface area (Å²) in [6.45, 7) is 16.2. The molecule has 2 aliphatic heterocycles. The molecule has 2 fully saturated rings. The number of benzene rings is 2. The lowest BCUT2D eigenvalue weighted by Gasteiger charge is -2.43. The molecule has 268 valence electrons. The van der Waals surface area contributed by atoms with E-state index < -0.39 is 17.0 Å². The average Bonchev–Trinajstić information content (AvgIpc) is 3.06. The van der Waals surface area contributed by atoms with Gasteiger partial charge in [0.25, 0.3) is 0 Å². The van der Waals surface area contributed by atoms with Crippen molar-refractivity contribution >= 4 is 67.0 Å². The lowest BCUT2D eigenvalue weighted by atomic mass is 9.99. The monoisotopic (exact) mass is 775 g/mol. The number of anilines is 5. The average molecular weight is 777 g/mol. The van der Waals surface area contributed by atoms with Crippen molar-refractivity contribution in [3.05, 3.63) is 51.6 Å². The molecule has 0 unspecified atom stereocenters. The molecule has 2 saturated heterocycles. The molecule has 0 bridgehead atoms. The maximum Gasteiger partial charge on any atom is 0.229 e. The van der Waals surface area contributed by atoms with E-state index >= 15 is 0 Å². The molecule has 11 nitrogen and oxygen atoms in total. The van der Waals surface area contributed by atoms with Crippen LogP contribution in [-0.4, -0.2) is 112 Å². The third kappa shape index (κ3) is 9.35. The van der Waals surface area contributed by atoms with Gasteiger partial charge >= 0.3 is 0 Å². The van der Waals surface area contributed by atoms with Crippen molar-refractivity contribution in [3.63, 3.8) is 0 Å². The molecular weight excluding hydrogens is 725 g/mol. The van der Waals surface area contributed by atoms with Gasteiger partial charge in [0.2, 0.25) is 5.95 Å². The fourth-order valence-electron chi connectivity index (χ4n) is 6.94. The van der Waals surface area contributed by atoms with Crippen LogP contribution in [0.2, 0.25) is 0 Å². The van der Waals surface area contributed by atoms with Gasteiger partial charge in [0.1, 0.15) is 28.5 Å². The van der Waals surface area contributed by atoms with Crippen LogP contribution in [0.25, 0.3) is 0 Å². The fourth-order valence-corrected chi connectivity index (χ4v) is 9.51. The normalized spacial score (nSPS) is 16.9. The van der Waals surface area contributed by atoms with E-state index in [1.54, 1.807) is 26.6 Å². The number of aryl methyl sites for hydroxylation is 2. The van der Waals surface area contributed by atoms with Gasteiger partial charge in [0.05, 0.1) is 28.7 Å². The first-order valence-electron chi connectivity index (χ1n) is 17.0. The number of piperidine rings is 1. The maximum absolute atomic E-state index is 13.3. The molecule has 0 aliphatic carbocycles. The summed E-state index contributed by atoms with van der Waals surface area (Å²) in [6.07, 6.45) is 6.06. The topological polar surface area (TPSA) is 120 Å². The van der Waals surface area contributed by atoms with Crippen LogP contribution in [0, 0.1) is 13.8 Å². The summed E-state index contributed by atoms with van der Waals surface area (Å²) in [6, 6.07) is 8.79. The number of piperazine rings is 1. The Morgan fingerprint density at radius 1 is 1.02 bits per heavy atom. The van der Waals surface area contributed by atoms with Crippen molar-refractivity contribution in [2.45, 2.75) is 46.1 Å². The molecule has 2 N–H and O–H groups in total. The van der Waals surface area contributed by atoms with E-state index in [9.17, 15) is 13.0 Å².